The number of hydrogen-bond acceptors (Lipinski definition) is 4. The van der Waals surface area contributed by atoms with E-state index < -0.39 is 30.2 Å². The summed E-state index contributed by atoms with van der Waals surface area (Å²) in [6, 6.07) is 0.272. The molecule has 0 aliphatic carbocycles. The summed E-state index contributed by atoms with van der Waals surface area (Å²) >= 11 is 1.32. The van der Waals surface area contributed by atoms with Gasteiger partial charge in [0.25, 0.3) is 5.91 Å². The first-order chi connectivity index (χ1) is 7.50. The van der Waals surface area contributed by atoms with Gasteiger partial charge in [0, 0.05) is 5.38 Å². The zero-order valence-corrected chi connectivity index (χ0v) is 8.99. The molecule has 1 atom stereocenters. The van der Waals surface area contributed by atoms with Gasteiger partial charge in [-0.15, -0.1) is 0 Å². The van der Waals surface area contributed by atoms with Gasteiger partial charge < -0.3 is 16.2 Å². The molecule has 0 unspecified atom stereocenters. The minimum absolute atomic E-state index is 0.362. The Morgan fingerprint density at radius 2 is 2.19 bits per heavy atom. The molecule has 1 aromatic rings. The van der Waals surface area contributed by atoms with Crippen LogP contribution in [0, 0.1) is 0 Å². The number of carbonyl (C=O) groups is 3. The number of aliphatic carboxylic acids is 1. The molecule has 0 bridgehead atoms. The number of amides is 2. The van der Waals surface area contributed by atoms with Crippen LogP contribution in [0.3, 0.4) is 0 Å². The van der Waals surface area contributed by atoms with Crippen molar-refractivity contribution in [2.75, 3.05) is 0 Å². The second kappa shape index (κ2) is 5.26. The summed E-state index contributed by atoms with van der Waals surface area (Å²) < 4.78 is 0. The van der Waals surface area contributed by atoms with Gasteiger partial charge in [0.05, 0.1) is 12.0 Å². The zero-order valence-electron chi connectivity index (χ0n) is 8.17. The zero-order chi connectivity index (χ0) is 12.1. The Hall–Kier alpha value is -1.89. The van der Waals surface area contributed by atoms with Gasteiger partial charge in [-0.3, -0.25) is 9.59 Å². The molecule has 86 valence electrons. The van der Waals surface area contributed by atoms with Gasteiger partial charge in [-0.2, -0.15) is 11.3 Å². The normalized spacial score (nSPS) is 11.8. The Balaban J connectivity index is 2.65. The fourth-order valence-corrected chi connectivity index (χ4v) is 1.67. The van der Waals surface area contributed by atoms with Crippen LogP contribution in [0.2, 0.25) is 0 Å². The monoisotopic (exact) mass is 242 g/mol. The highest BCUT2D eigenvalue weighted by molar-refractivity contribution is 7.08. The van der Waals surface area contributed by atoms with E-state index in [1.165, 1.54) is 11.3 Å². The van der Waals surface area contributed by atoms with Crippen LogP contribution in [-0.4, -0.2) is 28.9 Å². The maximum Gasteiger partial charge on any atom is 0.326 e. The Kier molecular flexibility index (Phi) is 4.01. The molecule has 6 nitrogen and oxygen atoms in total. The third kappa shape index (κ3) is 3.35. The molecule has 0 fully saturated rings. The quantitative estimate of drug-likeness (QED) is 0.664. The molecule has 0 aliphatic heterocycles. The number of nitrogens with one attached hydrogen (secondary N) is 1. The minimum Gasteiger partial charge on any atom is -0.480 e. The van der Waals surface area contributed by atoms with E-state index in [2.05, 4.69) is 5.32 Å². The van der Waals surface area contributed by atoms with Crippen LogP contribution in [0.4, 0.5) is 0 Å². The van der Waals surface area contributed by atoms with Crippen molar-refractivity contribution in [3.8, 4) is 0 Å². The topological polar surface area (TPSA) is 109 Å². The standard InChI is InChI=1S/C9H10N2O4S/c10-7(12)3-6(9(14)15)11-8(13)5-1-2-16-4-5/h1-2,4,6H,3H2,(H2,10,12)(H,11,13)(H,14,15)/t6-/m1/s1. The van der Waals surface area contributed by atoms with Crippen LogP contribution < -0.4 is 11.1 Å². The first-order valence-electron chi connectivity index (χ1n) is 4.35. The van der Waals surface area contributed by atoms with Crippen molar-refractivity contribution >= 4 is 29.1 Å². The van der Waals surface area contributed by atoms with E-state index in [1.54, 1.807) is 16.8 Å². The number of carboxylic acid groups (broad SMARTS) is 1. The summed E-state index contributed by atoms with van der Waals surface area (Å²) in [6.07, 6.45) is -0.425. The van der Waals surface area contributed by atoms with Gasteiger partial charge in [-0.1, -0.05) is 0 Å². The Morgan fingerprint density at radius 1 is 1.50 bits per heavy atom. The first-order valence-corrected chi connectivity index (χ1v) is 5.29. The average Bonchev–Trinajstić information content (AvgIpc) is 2.68. The highest BCUT2D eigenvalue weighted by Crippen LogP contribution is 2.06. The van der Waals surface area contributed by atoms with E-state index in [9.17, 15) is 14.4 Å². The highest BCUT2D eigenvalue weighted by Gasteiger charge is 2.22. The van der Waals surface area contributed by atoms with E-state index in [1.807, 2.05) is 0 Å². The Labute approximate surface area is 95.1 Å². The van der Waals surface area contributed by atoms with Crippen molar-refractivity contribution in [1.29, 1.82) is 0 Å². The van der Waals surface area contributed by atoms with Gasteiger partial charge in [0.2, 0.25) is 5.91 Å². The predicted molar refractivity (Wildman–Crippen MR) is 57.0 cm³/mol. The molecular weight excluding hydrogens is 232 g/mol. The van der Waals surface area contributed by atoms with Gasteiger partial charge in [0.1, 0.15) is 6.04 Å². The fraction of sp³-hybridized carbons (Fsp3) is 0.222. The molecule has 1 rings (SSSR count). The largest absolute Gasteiger partial charge is 0.480 e. The third-order valence-electron chi connectivity index (χ3n) is 1.79. The summed E-state index contributed by atoms with van der Waals surface area (Å²) in [5, 5.41) is 14.2. The van der Waals surface area contributed by atoms with Gasteiger partial charge in [-0.25, -0.2) is 4.79 Å². The lowest BCUT2D eigenvalue weighted by Gasteiger charge is -2.11. The number of primary amides is 1. The van der Waals surface area contributed by atoms with E-state index in [0.717, 1.165) is 0 Å². The second-order valence-electron chi connectivity index (χ2n) is 3.05. The van der Waals surface area contributed by atoms with Gasteiger partial charge in [-0.05, 0) is 11.4 Å². The van der Waals surface area contributed by atoms with Crippen molar-refractivity contribution in [3.05, 3.63) is 22.4 Å². The van der Waals surface area contributed by atoms with Crippen molar-refractivity contribution in [3.63, 3.8) is 0 Å². The number of carbonyl (C=O) groups excluding carboxylic acids is 2. The molecule has 4 N–H and O–H groups in total. The van der Waals surface area contributed by atoms with Gasteiger partial charge >= 0.3 is 5.97 Å². The second-order valence-corrected chi connectivity index (χ2v) is 3.83. The van der Waals surface area contributed by atoms with E-state index in [0.29, 0.717) is 5.56 Å². The summed E-state index contributed by atoms with van der Waals surface area (Å²) in [6.45, 7) is 0. The van der Waals surface area contributed by atoms with E-state index >= 15 is 0 Å². The molecule has 0 aromatic carbocycles. The van der Waals surface area contributed by atoms with E-state index in [4.69, 9.17) is 10.8 Å². The molecule has 2 amide bonds. The summed E-state index contributed by atoms with van der Waals surface area (Å²) in [7, 11) is 0. The molecule has 16 heavy (non-hydrogen) atoms. The van der Waals surface area contributed by atoms with Crippen molar-refractivity contribution in [2.24, 2.45) is 5.73 Å². The Bertz CT molecular complexity index is 402. The molecule has 0 saturated heterocycles. The molecule has 0 aliphatic rings. The lowest BCUT2D eigenvalue weighted by molar-refractivity contribution is -0.140. The van der Waals surface area contributed by atoms with Crippen molar-refractivity contribution < 1.29 is 19.5 Å². The van der Waals surface area contributed by atoms with Crippen LogP contribution in [0.1, 0.15) is 16.8 Å². The van der Waals surface area contributed by atoms with Crippen molar-refractivity contribution in [1.82, 2.24) is 5.32 Å². The molecule has 7 heteroatoms. The molecule has 0 spiro atoms. The fourth-order valence-electron chi connectivity index (χ4n) is 1.04. The third-order valence-corrected chi connectivity index (χ3v) is 2.48. The number of rotatable bonds is 5. The van der Waals surface area contributed by atoms with Crippen LogP contribution >= 0.6 is 11.3 Å². The molecule has 0 radical (unpaired) electrons. The van der Waals surface area contributed by atoms with Crippen molar-refractivity contribution in [2.45, 2.75) is 12.5 Å². The number of thiophene rings is 1. The SMILES string of the molecule is NC(=O)C[C@@H](NC(=O)c1ccsc1)C(=O)O. The summed E-state index contributed by atoms with van der Waals surface area (Å²) in [5.41, 5.74) is 5.24. The molecule has 1 aromatic heterocycles. The Morgan fingerprint density at radius 3 is 2.62 bits per heavy atom. The summed E-state index contributed by atoms with van der Waals surface area (Å²) in [4.78, 5) is 32.8. The highest BCUT2D eigenvalue weighted by atomic mass is 32.1. The van der Waals surface area contributed by atoms with Crippen LogP contribution in [-0.2, 0) is 9.59 Å². The predicted octanol–water partition coefficient (Wildman–Crippen LogP) is -0.194. The average molecular weight is 242 g/mol. The molecule has 1 heterocycles. The summed E-state index contributed by atoms with van der Waals surface area (Å²) in [5.74, 6) is -2.60. The number of carboxylic acids is 1. The van der Waals surface area contributed by atoms with Crippen LogP contribution in [0.5, 0.6) is 0 Å². The smallest absolute Gasteiger partial charge is 0.326 e. The molecule has 0 saturated carbocycles. The van der Waals surface area contributed by atoms with Gasteiger partial charge in [0.15, 0.2) is 0 Å². The maximum atomic E-state index is 11.5. The lowest BCUT2D eigenvalue weighted by atomic mass is 10.2. The van der Waals surface area contributed by atoms with Crippen LogP contribution in [0.25, 0.3) is 0 Å². The number of nitrogens with two attached hydrogens (primary N) is 1. The molecular formula is C9H10N2O4S. The van der Waals surface area contributed by atoms with Crippen LogP contribution in [0.15, 0.2) is 16.8 Å². The maximum absolute atomic E-state index is 11.5. The lowest BCUT2D eigenvalue weighted by Crippen LogP contribution is -2.43. The minimum atomic E-state index is -1.29. The van der Waals surface area contributed by atoms with E-state index in [-0.39, 0.29) is 0 Å². The first kappa shape index (κ1) is 12.2. The number of hydrogen-bond donors (Lipinski definition) is 3.